The summed E-state index contributed by atoms with van der Waals surface area (Å²) in [7, 11) is 1.52. The zero-order chi connectivity index (χ0) is 20.9. The Bertz CT molecular complexity index is 1030. The van der Waals surface area contributed by atoms with Gasteiger partial charge in [-0.3, -0.25) is 10.1 Å². The van der Waals surface area contributed by atoms with E-state index in [1.165, 1.54) is 36.2 Å². The summed E-state index contributed by atoms with van der Waals surface area (Å²) in [5.41, 5.74) is 3.27. The molecule has 2 N–H and O–H groups in total. The van der Waals surface area contributed by atoms with E-state index in [2.05, 4.69) is 59.2 Å². The normalized spacial score (nSPS) is 15.1. The lowest BCUT2D eigenvalue weighted by atomic mass is 9.86. The maximum atomic E-state index is 12.9. The Morgan fingerprint density at radius 2 is 1.63 bits per heavy atom. The Labute approximate surface area is 177 Å². The smallest absolute Gasteiger partial charge is 0.321 e. The first kappa shape index (κ1) is 20.1. The van der Waals surface area contributed by atoms with Crippen LogP contribution >= 0.6 is 0 Å². The van der Waals surface area contributed by atoms with Gasteiger partial charge in [0.25, 0.3) is 0 Å². The van der Waals surface area contributed by atoms with Crippen molar-refractivity contribution in [3.8, 4) is 11.1 Å². The Kier molecular flexibility index (Phi) is 6.12. The average molecular weight is 401 g/mol. The number of amides is 3. The number of hydrogen-bond acceptors (Lipinski definition) is 2. The molecule has 1 fully saturated rings. The summed E-state index contributed by atoms with van der Waals surface area (Å²) in [5, 5.41) is 7.38. The van der Waals surface area contributed by atoms with Crippen molar-refractivity contribution < 1.29 is 9.59 Å². The summed E-state index contributed by atoms with van der Waals surface area (Å²) >= 11 is 0. The fourth-order valence-electron chi connectivity index (χ4n) is 4.61. The first-order valence-corrected chi connectivity index (χ1v) is 10.8. The van der Waals surface area contributed by atoms with Gasteiger partial charge in [0.15, 0.2) is 0 Å². The van der Waals surface area contributed by atoms with Crippen molar-refractivity contribution in [2.75, 3.05) is 7.05 Å². The molecule has 4 rings (SSSR count). The Balaban J connectivity index is 1.62. The minimum Gasteiger partial charge on any atom is -0.341 e. The van der Waals surface area contributed by atoms with Crippen molar-refractivity contribution in [1.82, 2.24) is 10.6 Å². The highest BCUT2D eigenvalue weighted by molar-refractivity contribution is 5.98. The molecular formula is C26H28N2O2. The van der Waals surface area contributed by atoms with E-state index < -0.39 is 6.03 Å². The molecule has 0 saturated heterocycles. The SMILES string of the molecule is CNC(=O)NC(=O)C(CC1CCCC1)c1ccc(-c2cccc3ccccc23)cc1. The van der Waals surface area contributed by atoms with Crippen LogP contribution in [0.25, 0.3) is 21.9 Å². The third kappa shape index (κ3) is 4.38. The number of carbonyl (C=O) groups is 2. The second-order valence-corrected chi connectivity index (χ2v) is 8.16. The summed E-state index contributed by atoms with van der Waals surface area (Å²) in [6.45, 7) is 0. The second kappa shape index (κ2) is 9.12. The molecule has 0 heterocycles. The Hall–Kier alpha value is -3.14. The minimum atomic E-state index is -0.455. The molecule has 4 nitrogen and oxygen atoms in total. The molecule has 3 aromatic rings. The topological polar surface area (TPSA) is 58.2 Å². The van der Waals surface area contributed by atoms with Gasteiger partial charge in [-0.1, -0.05) is 92.4 Å². The standard InChI is InChI=1S/C26H28N2O2/c1-27-26(30)28-25(29)24(17-18-7-2-3-8-18)21-15-13-20(14-16-21)23-12-6-10-19-9-4-5-11-22(19)23/h4-6,9-16,18,24H,2-3,7-8,17H2,1H3,(H2,27,28,29,30). The third-order valence-corrected chi connectivity index (χ3v) is 6.24. The highest BCUT2D eigenvalue weighted by atomic mass is 16.2. The first-order chi connectivity index (χ1) is 14.7. The summed E-state index contributed by atoms with van der Waals surface area (Å²) in [6.07, 6.45) is 5.58. The number of imide groups is 1. The van der Waals surface area contributed by atoms with Crippen LogP contribution in [0.15, 0.2) is 66.7 Å². The molecule has 1 aliphatic carbocycles. The molecule has 154 valence electrons. The molecule has 0 bridgehead atoms. The number of carbonyl (C=O) groups excluding carboxylic acids is 2. The lowest BCUT2D eigenvalue weighted by Crippen LogP contribution is -2.40. The molecule has 1 atom stereocenters. The van der Waals surface area contributed by atoms with Gasteiger partial charge in [0.1, 0.15) is 0 Å². The highest BCUT2D eigenvalue weighted by Gasteiger charge is 2.27. The van der Waals surface area contributed by atoms with Crippen LogP contribution in [0.2, 0.25) is 0 Å². The zero-order valence-electron chi connectivity index (χ0n) is 17.4. The number of hydrogen-bond donors (Lipinski definition) is 2. The van der Waals surface area contributed by atoms with Gasteiger partial charge >= 0.3 is 6.03 Å². The van der Waals surface area contributed by atoms with Gasteiger partial charge in [-0.25, -0.2) is 4.79 Å². The predicted molar refractivity (Wildman–Crippen MR) is 121 cm³/mol. The van der Waals surface area contributed by atoms with E-state index in [4.69, 9.17) is 0 Å². The van der Waals surface area contributed by atoms with Gasteiger partial charge in [-0.2, -0.15) is 0 Å². The number of fused-ring (bicyclic) bond motifs is 1. The maximum absolute atomic E-state index is 12.9. The molecule has 1 unspecified atom stereocenters. The molecule has 4 heteroatoms. The quantitative estimate of drug-likeness (QED) is 0.583. The van der Waals surface area contributed by atoms with Crippen LogP contribution in [0.5, 0.6) is 0 Å². The lowest BCUT2D eigenvalue weighted by molar-refractivity contribution is -0.121. The van der Waals surface area contributed by atoms with E-state index >= 15 is 0 Å². The maximum Gasteiger partial charge on any atom is 0.321 e. The van der Waals surface area contributed by atoms with Crippen molar-refractivity contribution in [2.45, 2.75) is 38.0 Å². The molecule has 3 aromatic carbocycles. The van der Waals surface area contributed by atoms with Crippen molar-refractivity contribution in [3.05, 3.63) is 72.3 Å². The second-order valence-electron chi connectivity index (χ2n) is 8.16. The molecule has 3 amide bonds. The Morgan fingerprint density at radius 3 is 2.37 bits per heavy atom. The van der Waals surface area contributed by atoms with E-state index in [1.54, 1.807) is 0 Å². The number of benzene rings is 3. The van der Waals surface area contributed by atoms with Crippen molar-refractivity contribution in [2.24, 2.45) is 5.92 Å². The van der Waals surface area contributed by atoms with E-state index in [1.807, 2.05) is 18.2 Å². The van der Waals surface area contributed by atoms with E-state index in [0.717, 1.165) is 30.4 Å². The number of urea groups is 1. The lowest BCUT2D eigenvalue weighted by Gasteiger charge is -2.20. The molecule has 30 heavy (non-hydrogen) atoms. The van der Waals surface area contributed by atoms with E-state index in [-0.39, 0.29) is 11.8 Å². The third-order valence-electron chi connectivity index (χ3n) is 6.24. The number of nitrogens with one attached hydrogen (secondary N) is 2. The fraction of sp³-hybridized carbons (Fsp3) is 0.308. The van der Waals surface area contributed by atoms with Crippen LogP contribution in [-0.4, -0.2) is 19.0 Å². The van der Waals surface area contributed by atoms with Gasteiger partial charge in [0.2, 0.25) is 5.91 Å². The fourth-order valence-corrected chi connectivity index (χ4v) is 4.61. The highest BCUT2D eigenvalue weighted by Crippen LogP contribution is 2.35. The average Bonchev–Trinajstić information content (AvgIpc) is 3.30. The summed E-state index contributed by atoms with van der Waals surface area (Å²) in [4.78, 5) is 24.6. The largest absolute Gasteiger partial charge is 0.341 e. The van der Waals surface area contributed by atoms with Gasteiger partial charge in [0.05, 0.1) is 5.92 Å². The van der Waals surface area contributed by atoms with E-state index in [9.17, 15) is 9.59 Å². The van der Waals surface area contributed by atoms with Gasteiger partial charge in [-0.05, 0) is 39.8 Å². The van der Waals surface area contributed by atoms with Crippen LogP contribution in [-0.2, 0) is 4.79 Å². The molecule has 0 aromatic heterocycles. The molecule has 0 spiro atoms. The minimum absolute atomic E-state index is 0.223. The number of rotatable bonds is 5. The van der Waals surface area contributed by atoms with Gasteiger partial charge in [0, 0.05) is 7.05 Å². The van der Waals surface area contributed by atoms with Crippen LogP contribution in [0, 0.1) is 5.92 Å². The predicted octanol–water partition coefficient (Wildman–Crippen LogP) is 5.63. The van der Waals surface area contributed by atoms with Gasteiger partial charge in [-0.15, -0.1) is 0 Å². The Morgan fingerprint density at radius 1 is 0.933 bits per heavy atom. The summed E-state index contributed by atoms with van der Waals surface area (Å²) in [6, 6.07) is 22.5. The molecular weight excluding hydrogens is 372 g/mol. The van der Waals surface area contributed by atoms with E-state index in [0.29, 0.717) is 5.92 Å². The van der Waals surface area contributed by atoms with Gasteiger partial charge < -0.3 is 5.32 Å². The summed E-state index contributed by atoms with van der Waals surface area (Å²) < 4.78 is 0. The first-order valence-electron chi connectivity index (χ1n) is 10.8. The monoisotopic (exact) mass is 400 g/mol. The van der Waals surface area contributed by atoms with Crippen molar-refractivity contribution >= 4 is 22.7 Å². The molecule has 1 saturated carbocycles. The van der Waals surface area contributed by atoms with Crippen LogP contribution in [0.4, 0.5) is 4.79 Å². The zero-order valence-corrected chi connectivity index (χ0v) is 17.4. The molecule has 1 aliphatic rings. The van der Waals surface area contributed by atoms with Crippen LogP contribution < -0.4 is 10.6 Å². The van der Waals surface area contributed by atoms with Crippen LogP contribution in [0.3, 0.4) is 0 Å². The molecule has 0 aliphatic heterocycles. The van der Waals surface area contributed by atoms with Crippen molar-refractivity contribution in [3.63, 3.8) is 0 Å². The molecule has 0 radical (unpaired) electrons. The van der Waals surface area contributed by atoms with Crippen molar-refractivity contribution in [1.29, 1.82) is 0 Å². The van der Waals surface area contributed by atoms with Crippen LogP contribution in [0.1, 0.15) is 43.6 Å². The summed E-state index contributed by atoms with van der Waals surface area (Å²) in [5.74, 6) is 0.00862.